The minimum Gasteiger partial charge on any atom is -0.388 e. The maximum Gasteiger partial charge on any atom is 0.0428 e. The summed E-state index contributed by atoms with van der Waals surface area (Å²) in [5.41, 5.74) is 3.35. The second-order valence-corrected chi connectivity index (χ2v) is 4.27. The van der Waals surface area contributed by atoms with Crippen LogP contribution in [0.3, 0.4) is 0 Å². The highest BCUT2D eigenvalue weighted by atomic mass is 35.5. The molecule has 0 amide bonds. The molecule has 0 atom stereocenters. The van der Waals surface area contributed by atoms with Crippen LogP contribution in [-0.2, 0) is 0 Å². The predicted molar refractivity (Wildman–Crippen MR) is 75.5 cm³/mol. The normalized spacial score (nSPS) is 10.1. The van der Waals surface area contributed by atoms with Gasteiger partial charge in [0.25, 0.3) is 0 Å². The lowest BCUT2D eigenvalue weighted by Gasteiger charge is -2.20. The highest BCUT2D eigenvalue weighted by Crippen LogP contribution is 2.26. The molecule has 0 spiro atoms. The van der Waals surface area contributed by atoms with E-state index in [2.05, 4.69) is 22.3 Å². The van der Waals surface area contributed by atoms with Crippen molar-refractivity contribution in [2.75, 3.05) is 24.3 Å². The van der Waals surface area contributed by atoms with Crippen LogP contribution in [0, 0.1) is 0 Å². The molecular weight excluding hydrogens is 232 g/mol. The van der Waals surface area contributed by atoms with Crippen LogP contribution in [0.2, 0.25) is 5.02 Å². The van der Waals surface area contributed by atoms with E-state index in [1.165, 1.54) is 0 Å². The first kappa shape index (κ1) is 11.8. The molecule has 0 unspecified atom stereocenters. The lowest BCUT2D eigenvalue weighted by molar-refractivity contribution is 1.21. The third kappa shape index (κ3) is 2.71. The minimum atomic E-state index is 0.756. The molecule has 0 aliphatic heterocycles. The Hall–Kier alpha value is -1.67. The van der Waals surface area contributed by atoms with Crippen molar-refractivity contribution >= 4 is 28.7 Å². The van der Waals surface area contributed by atoms with Crippen LogP contribution < -0.4 is 10.2 Å². The van der Waals surface area contributed by atoms with E-state index in [1.807, 2.05) is 50.5 Å². The summed E-state index contributed by atoms with van der Waals surface area (Å²) in [5, 5.41) is 3.89. The largest absolute Gasteiger partial charge is 0.388 e. The van der Waals surface area contributed by atoms with Gasteiger partial charge in [0.1, 0.15) is 0 Å². The zero-order valence-corrected chi connectivity index (χ0v) is 10.7. The summed E-state index contributed by atoms with van der Waals surface area (Å²) in [7, 11) is 3.96. The molecule has 0 heterocycles. The SMILES string of the molecule is CNc1cccc(N(C)c2ccc(Cl)cc2)c1. The lowest BCUT2D eigenvalue weighted by Crippen LogP contribution is -2.09. The summed E-state index contributed by atoms with van der Waals surface area (Å²) in [4.78, 5) is 2.12. The van der Waals surface area contributed by atoms with E-state index >= 15 is 0 Å². The van der Waals surface area contributed by atoms with E-state index in [9.17, 15) is 0 Å². The van der Waals surface area contributed by atoms with Crippen LogP contribution in [0.25, 0.3) is 0 Å². The molecule has 2 nitrogen and oxygen atoms in total. The number of nitrogens with one attached hydrogen (secondary N) is 1. The third-order valence-electron chi connectivity index (χ3n) is 2.74. The van der Waals surface area contributed by atoms with Crippen molar-refractivity contribution in [2.24, 2.45) is 0 Å². The van der Waals surface area contributed by atoms with Crippen molar-refractivity contribution < 1.29 is 0 Å². The Morgan fingerprint density at radius 3 is 2.35 bits per heavy atom. The van der Waals surface area contributed by atoms with Crippen molar-refractivity contribution in [2.45, 2.75) is 0 Å². The van der Waals surface area contributed by atoms with Gasteiger partial charge in [0.05, 0.1) is 0 Å². The Kier molecular flexibility index (Phi) is 3.55. The van der Waals surface area contributed by atoms with Crippen molar-refractivity contribution in [1.82, 2.24) is 0 Å². The zero-order chi connectivity index (χ0) is 12.3. The maximum absolute atomic E-state index is 5.88. The smallest absolute Gasteiger partial charge is 0.0428 e. The summed E-state index contributed by atoms with van der Waals surface area (Å²) >= 11 is 5.88. The van der Waals surface area contributed by atoms with Gasteiger partial charge in [-0.05, 0) is 42.5 Å². The molecule has 0 saturated heterocycles. The predicted octanol–water partition coefficient (Wildman–Crippen LogP) is 4.15. The molecular formula is C14H15ClN2. The van der Waals surface area contributed by atoms with Gasteiger partial charge in [-0.1, -0.05) is 17.7 Å². The number of nitrogens with zero attached hydrogens (tertiary/aromatic N) is 1. The topological polar surface area (TPSA) is 15.3 Å². The first-order valence-corrected chi connectivity index (χ1v) is 5.85. The average Bonchev–Trinajstić information content (AvgIpc) is 2.39. The molecule has 0 aliphatic carbocycles. The van der Waals surface area contributed by atoms with Crippen molar-refractivity contribution in [3.05, 3.63) is 53.6 Å². The molecule has 2 aromatic carbocycles. The molecule has 88 valence electrons. The fraction of sp³-hybridized carbons (Fsp3) is 0.143. The molecule has 2 aromatic rings. The van der Waals surface area contributed by atoms with Gasteiger partial charge in [-0.15, -0.1) is 0 Å². The van der Waals surface area contributed by atoms with Crippen molar-refractivity contribution in [3.8, 4) is 0 Å². The van der Waals surface area contributed by atoms with Crippen LogP contribution in [-0.4, -0.2) is 14.1 Å². The van der Waals surface area contributed by atoms with Crippen LogP contribution in [0.5, 0.6) is 0 Å². The van der Waals surface area contributed by atoms with Crippen molar-refractivity contribution in [1.29, 1.82) is 0 Å². The van der Waals surface area contributed by atoms with E-state index in [0.29, 0.717) is 0 Å². The summed E-state index contributed by atoms with van der Waals surface area (Å²) in [5.74, 6) is 0. The summed E-state index contributed by atoms with van der Waals surface area (Å²) in [6.07, 6.45) is 0. The maximum atomic E-state index is 5.88. The Morgan fingerprint density at radius 1 is 1.00 bits per heavy atom. The number of halogens is 1. The molecule has 0 bridgehead atoms. The molecule has 1 N–H and O–H groups in total. The van der Waals surface area contributed by atoms with Crippen LogP contribution in [0.15, 0.2) is 48.5 Å². The van der Waals surface area contributed by atoms with E-state index in [-0.39, 0.29) is 0 Å². The molecule has 0 radical (unpaired) electrons. The van der Waals surface area contributed by atoms with E-state index < -0.39 is 0 Å². The molecule has 0 aliphatic rings. The van der Waals surface area contributed by atoms with E-state index in [0.717, 1.165) is 22.1 Å². The lowest BCUT2D eigenvalue weighted by atomic mass is 10.2. The second kappa shape index (κ2) is 5.11. The zero-order valence-electron chi connectivity index (χ0n) is 9.94. The first-order chi connectivity index (χ1) is 8.20. The Morgan fingerprint density at radius 2 is 1.71 bits per heavy atom. The third-order valence-corrected chi connectivity index (χ3v) is 2.99. The van der Waals surface area contributed by atoms with Crippen LogP contribution >= 0.6 is 11.6 Å². The highest BCUT2D eigenvalue weighted by molar-refractivity contribution is 6.30. The second-order valence-electron chi connectivity index (χ2n) is 3.84. The number of hydrogen-bond acceptors (Lipinski definition) is 2. The average molecular weight is 247 g/mol. The van der Waals surface area contributed by atoms with Gasteiger partial charge in [-0.3, -0.25) is 0 Å². The summed E-state index contributed by atoms with van der Waals surface area (Å²) in [6.45, 7) is 0. The summed E-state index contributed by atoms with van der Waals surface area (Å²) < 4.78 is 0. The highest BCUT2D eigenvalue weighted by Gasteiger charge is 2.03. The molecule has 2 rings (SSSR count). The number of anilines is 3. The Balaban J connectivity index is 2.29. The van der Waals surface area contributed by atoms with E-state index in [1.54, 1.807) is 0 Å². The molecule has 3 heteroatoms. The van der Waals surface area contributed by atoms with E-state index in [4.69, 9.17) is 11.6 Å². The monoisotopic (exact) mass is 246 g/mol. The molecule has 0 aromatic heterocycles. The number of benzene rings is 2. The van der Waals surface area contributed by atoms with Gasteiger partial charge < -0.3 is 10.2 Å². The van der Waals surface area contributed by atoms with Gasteiger partial charge in [-0.2, -0.15) is 0 Å². The molecule has 0 fully saturated rings. The van der Waals surface area contributed by atoms with Crippen molar-refractivity contribution in [3.63, 3.8) is 0 Å². The minimum absolute atomic E-state index is 0.756. The quantitative estimate of drug-likeness (QED) is 0.875. The molecule has 0 saturated carbocycles. The van der Waals surface area contributed by atoms with Gasteiger partial charge in [0.2, 0.25) is 0 Å². The van der Waals surface area contributed by atoms with Crippen LogP contribution in [0.4, 0.5) is 17.1 Å². The van der Waals surface area contributed by atoms with Gasteiger partial charge >= 0.3 is 0 Å². The number of rotatable bonds is 3. The number of hydrogen-bond donors (Lipinski definition) is 1. The molecule has 17 heavy (non-hydrogen) atoms. The first-order valence-electron chi connectivity index (χ1n) is 5.48. The fourth-order valence-electron chi connectivity index (χ4n) is 1.68. The standard InChI is InChI=1S/C14H15ClN2/c1-16-12-4-3-5-14(10-12)17(2)13-8-6-11(15)7-9-13/h3-10,16H,1-2H3. The fourth-order valence-corrected chi connectivity index (χ4v) is 1.81. The van der Waals surface area contributed by atoms with Gasteiger partial charge in [-0.25, -0.2) is 0 Å². The summed E-state index contributed by atoms with van der Waals surface area (Å²) in [6, 6.07) is 16.1. The van der Waals surface area contributed by atoms with Gasteiger partial charge in [0, 0.05) is 36.2 Å². The van der Waals surface area contributed by atoms with Gasteiger partial charge in [0.15, 0.2) is 0 Å². The Bertz CT molecular complexity index is 494. The Labute approximate surface area is 107 Å². The van der Waals surface area contributed by atoms with Crippen LogP contribution in [0.1, 0.15) is 0 Å².